The summed E-state index contributed by atoms with van der Waals surface area (Å²) < 4.78 is 7.25. The summed E-state index contributed by atoms with van der Waals surface area (Å²) in [6.07, 6.45) is 6.15. The number of anilines is 1. The van der Waals surface area contributed by atoms with Crippen LogP contribution in [0.5, 0.6) is 5.88 Å². The van der Waals surface area contributed by atoms with Crippen LogP contribution in [0, 0.1) is 0 Å². The van der Waals surface area contributed by atoms with Gasteiger partial charge in [-0.15, -0.1) is 0 Å². The number of rotatable bonds is 2. The average Bonchev–Trinajstić information content (AvgIpc) is 2.92. The highest BCUT2D eigenvalue weighted by Crippen LogP contribution is 2.40. The minimum absolute atomic E-state index is 0.0121. The van der Waals surface area contributed by atoms with Gasteiger partial charge in [-0.25, -0.2) is 9.97 Å². The summed E-state index contributed by atoms with van der Waals surface area (Å²) in [6.45, 7) is 2.21. The molecule has 96 valence electrons. The monoisotopic (exact) mass is 247 g/mol. The molecule has 0 saturated heterocycles. The number of hydrogen-bond donors (Lipinski definition) is 1. The largest absolute Gasteiger partial charge is 0.479 e. The van der Waals surface area contributed by atoms with Gasteiger partial charge in [0.1, 0.15) is 6.33 Å². The first-order chi connectivity index (χ1) is 8.65. The number of imidazole rings is 1. The summed E-state index contributed by atoms with van der Waals surface area (Å²) in [6, 6.07) is 0. The molecule has 3 rings (SSSR count). The number of methoxy groups -OCH3 is 1. The smallest absolute Gasteiger partial charge is 0.245 e. The van der Waals surface area contributed by atoms with Crippen LogP contribution in [-0.4, -0.2) is 26.6 Å². The van der Waals surface area contributed by atoms with Crippen LogP contribution in [0.2, 0.25) is 0 Å². The minimum atomic E-state index is 0.0121. The highest BCUT2D eigenvalue weighted by Gasteiger charge is 2.34. The van der Waals surface area contributed by atoms with E-state index in [1.807, 2.05) is 4.57 Å². The fourth-order valence-corrected chi connectivity index (χ4v) is 2.93. The van der Waals surface area contributed by atoms with Gasteiger partial charge in [-0.2, -0.15) is 4.98 Å². The summed E-state index contributed by atoms with van der Waals surface area (Å²) >= 11 is 0. The Morgan fingerprint density at radius 1 is 1.33 bits per heavy atom. The topological polar surface area (TPSA) is 78.8 Å². The Morgan fingerprint density at radius 2 is 2.06 bits per heavy atom. The zero-order valence-electron chi connectivity index (χ0n) is 10.7. The van der Waals surface area contributed by atoms with Gasteiger partial charge in [-0.05, 0) is 19.8 Å². The zero-order valence-corrected chi connectivity index (χ0v) is 10.7. The fourth-order valence-electron chi connectivity index (χ4n) is 2.93. The molecule has 0 bridgehead atoms. The predicted molar refractivity (Wildman–Crippen MR) is 68.4 cm³/mol. The van der Waals surface area contributed by atoms with Crippen molar-refractivity contribution in [2.75, 3.05) is 12.8 Å². The van der Waals surface area contributed by atoms with Gasteiger partial charge in [0.05, 0.1) is 7.11 Å². The Balaban J connectivity index is 2.26. The van der Waals surface area contributed by atoms with Gasteiger partial charge in [0.2, 0.25) is 11.8 Å². The lowest BCUT2D eigenvalue weighted by Gasteiger charge is -2.26. The van der Waals surface area contributed by atoms with Crippen molar-refractivity contribution in [3.05, 3.63) is 6.33 Å². The highest BCUT2D eigenvalue weighted by atomic mass is 16.5. The van der Waals surface area contributed by atoms with Crippen LogP contribution in [0.15, 0.2) is 6.33 Å². The number of nitrogens with two attached hydrogens (primary N) is 1. The Kier molecular flexibility index (Phi) is 2.39. The van der Waals surface area contributed by atoms with Gasteiger partial charge in [0.15, 0.2) is 11.2 Å². The lowest BCUT2D eigenvalue weighted by Crippen LogP contribution is -2.27. The second kappa shape index (κ2) is 3.83. The molecule has 1 aliphatic rings. The first-order valence-corrected chi connectivity index (χ1v) is 6.19. The highest BCUT2D eigenvalue weighted by molar-refractivity contribution is 5.79. The molecule has 0 unspecified atom stereocenters. The molecule has 0 atom stereocenters. The van der Waals surface area contributed by atoms with E-state index in [1.54, 1.807) is 7.11 Å². The maximum Gasteiger partial charge on any atom is 0.245 e. The molecule has 18 heavy (non-hydrogen) atoms. The van der Waals surface area contributed by atoms with Gasteiger partial charge in [0, 0.05) is 5.54 Å². The Labute approximate surface area is 105 Å². The van der Waals surface area contributed by atoms with Gasteiger partial charge in [0.25, 0.3) is 0 Å². The summed E-state index contributed by atoms with van der Waals surface area (Å²) in [5.74, 6) is 0.972. The molecule has 0 amide bonds. The van der Waals surface area contributed by atoms with Gasteiger partial charge >= 0.3 is 0 Å². The van der Waals surface area contributed by atoms with Crippen molar-refractivity contribution >= 4 is 17.1 Å². The molecule has 0 aliphatic heterocycles. The van der Waals surface area contributed by atoms with E-state index >= 15 is 0 Å². The second-order valence-corrected chi connectivity index (χ2v) is 5.06. The average molecular weight is 247 g/mol. The molecule has 0 spiro atoms. The van der Waals surface area contributed by atoms with E-state index in [4.69, 9.17) is 10.5 Å². The second-order valence-electron chi connectivity index (χ2n) is 5.06. The number of nitrogens with zero attached hydrogens (tertiary/aromatic N) is 4. The quantitative estimate of drug-likeness (QED) is 0.873. The maximum atomic E-state index is 6.07. The third kappa shape index (κ3) is 1.45. The van der Waals surface area contributed by atoms with Crippen molar-refractivity contribution in [3.8, 4) is 5.88 Å². The van der Waals surface area contributed by atoms with Gasteiger partial charge < -0.3 is 10.5 Å². The van der Waals surface area contributed by atoms with E-state index in [2.05, 4.69) is 21.9 Å². The Hall–Kier alpha value is -1.85. The van der Waals surface area contributed by atoms with Crippen LogP contribution < -0.4 is 10.5 Å². The van der Waals surface area contributed by atoms with E-state index in [-0.39, 0.29) is 5.54 Å². The number of ether oxygens (including phenoxy) is 1. The fraction of sp³-hybridized carbons (Fsp3) is 0.583. The molecule has 1 saturated carbocycles. The standard InChI is InChI=1S/C12H17N5O/c1-12(5-3-4-6-12)17-9-8(16-11(17)13)10(18-2)15-7-14-9/h7H,3-6H2,1-2H3,(H2,13,16). The number of aromatic nitrogens is 4. The van der Waals surface area contributed by atoms with Crippen LogP contribution in [0.1, 0.15) is 32.6 Å². The molecule has 0 aromatic carbocycles. The molecule has 2 aromatic heterocycles. The minimum Gasteiger partial charge on any atom is -0.479 e. The van der Waals surface area contributed by atoms with Crippen LogP contribution in [-0.2, 0) is 5.54 Å². The van der Waals surface area contributed by atoms with Crippen molar-refractivity contribution in [2.45, 2.75) is 38.1 Å². The molecule has 1 aliphatic carbocycles. The van der Waals surface area contributed by atoms with Crippen molar-refractivity contribution in [1.82, 2.24) is 19.5 Å². The van der Waals surface area contributed by atoms with Crippen LogP contribution >= 0.6 is 0 Å². The Bertz CT molecular complexity index is 585. The number of nitrogen functional groups attached to an aromatic ring is 1. The van der Waals surface area contributed by atoms with Crippen LogP contribution in [0.3, 0.4) is 0 Å². The molecular weight excluding hydrogens is 230 g/mol. The third-order valence-electron chi connectivity index (χ3n) is 3.85. The zero-order chi connectivity index (χ0) is 12.8. The van der Waals surface area contributed by atoms with Crippen molar-refractivity contribution in [2.24, 2.45) is 0 Å². The van der Waals surface area contributed by atoms with E-state index in [0.717, 1.165) is 18.5 Å². The molecule has 1 fully saturated rings. The summed E-state index contributed by atoms with van der Waals surface area (Å²) in [5.41, 5.74) is 7.49. The molecule has 2 aromatic rings. The van der Waals surface area contributed by atoms with Gasteiger partial charge in [-0.3, -0.25) is 4.57 Å². The maximum absolute atomic E-state index is 6.07. The number of hydrogen-bond acceptors (Lipinski definition) is 5. The van der Waals surface area contributed by atoms with E-state index in [1.165, 1.54) is 19.2 Å². The summed E-state index contributed by atoms with van der Waals surface area (Å²) in [7, 11) is 1.58. The number of fused-ring (bicyclic) bond motifs is 1. The van der Waals surface area contributed by atoms with Crippen molar-refractivity contribution in [1.29, 1.82) is 0 Å². The van der Waals surface area contributed by atoms with Crippen molar-refractivity contribution < 1.29 is 4.74 Å². The third-order valence-corrected chi connectivity index (χ3v) is 3.85. The Morgan fingerprint density at radius 3 is 2.72 bits per heavy atom. The normalized spacial score (nSPS) is 18.3. The summed E-state index contributed by atoms with van der Waals surface area (Å²) in [4.78, 5) is 12.8. The molecular formula is C12H17N5O. The molecule has 2 heterocycles. The van der Waals surface area contributed by atoms with Crippen molar-refractivity contribution in [3.63, 3.8) is 0 Å². The first kappa shape index (κ1) is 11.3. The molecule has 6 nitrogen and oxygen atoms in total. The predicted octanol–water partition coefficient (Wildman–Crippen LogP) is 1.71. The lowest BCUT2D eigenvalue weighted by molar-refractivity contribution is 0.341. The lowest BCUT2D eigenvalue weighted by atomic mass is 10.0. The molecule has 6 heteroatoms. The van der Waals surface area contributed by atoms with E-state index in [9.17, 15) is 0 Å². The van der Waals surface area contributed by atoms with E-state index < -0.39 is 0 Å². The van der Waals surface area contributed by atoms with Crippen LogP contribution in [0.4, 0.5) is 5.95 Å². The SMILES string of the molecule is COc1ncnc2c1nc(N)n2C1(C)CCCC1. The molecule has 2 N–H and O–H groups in total. The first-order valence-electron chi connectivity index (χ1n) is 6.19. The van der Waals surface area contributed by atoms with Gasteiger partial charge in [-0.1, -0.05) is 12.8 Å². The van der Waals surface area contributed by atoms with Crippen LogP contribution in [0.25, 0.3) is 11.2 Å². The molecule has 0 radical (unpaired) electrons. The van der Waals surface area contributed by atoms with E-state index in [0.29, 0.717) is 17.3 Å². The summed E-state index contributed by atoms with van der Waals surface area (Å²) in [5, 5.41) is 0.